The van der Waals surface area contributed by atoms with Gasteiger partial charge in [-0.15, -0.1) is 0 Å². The fraction of sp³-hybridized carbons (Fsp3) is 0.800. The van der Waals surface area contributed by atoms with Gasteiger partial charge in [0, 0.05) is 5.33 Å². The zero-order chi connectivity index (χ0) is 11.3. The Morgan fingerprint density at radius 2 is 1.87 bits per heavy atom. The lowest BCUT2D eigenvalue weighted by Gasteiger charge is -2.26. The van der Waals surface area contributed by atoms with Crippen LogP contribution >= 0.6 is 15.9 Å². The summed E-state index contributed by atoms with van der Waals surface area (Å²) in [6.45, 7) is 0.307. The number of alkyl halides is 1. The summed E-state index contributed by atoms with van der Waals surface area (Å²) < 4.78 is 4.96. The molecule has 1 saturated carbocycles. The smallest absolute Gasteiger partial charge is 0.309 e. The number of carboxylic acids is 1. The van der Waals surface area contributed by atoms with Crippen molar-refractivity contribution < 1.29 is 19.4 Å². The molecule has 1 fully saturated rings. The van der Waals surface area contributed by atoms with Crippen molar-refractivity contribution in [1.29, 1.82) is 0 Å². The summed E-state index contributed by atoms with van der Waals surface area (Å²) in [6.07, 6.45) is 3.03. The van der Waals surface area contributed by atoms with E-state index in [4.69, 9.17) is 9.84 Å². The largest absolute Gasteiger partial charge is 0.481 e. The number of halogens is 1. The SMILES string of the molecule is O=C(O)[C@H]1CCCC[C@@H]1C(=O)OCCBr. The third-order valence-electron chi connectivity index (χ3n) is 2.71. The van der Waals surface area contributed by atoms with Crippen LogP contribution in [0, 0.1) is 11.8 Å². The monoisotopic (exact) mass is 278 g/mol. The Bertz CT molecular complexity index is 242. The lowest BCUT2D eigenvalue weighted by molar-refractivity contribution is -0.159. The number of esters is 1. The van der Waals surface area contributed by atoms with Crippen molar-refractivity contribution in [2.75, 3.05) is 11.9 Å². The minimum Gasteiger partial charge on any atom is -0.481 e. The fourth-order valence-corrected chi connectivity index (χ4v) is 2.12. The molecule has 1 aliphatic rings. The van der Waals surface area contributed by atoms with Gasteiger partial charge >= 0.3 is 11.9 Å². The van der Waals surface area contributed by atoms with E-state index in [2.05, 4.69) is 15.9 Å². The third-order valence-corrected chi connectivity index (χ3v) is 3.03. The molecule has 0 aliphatic heterocycles. The molecule has 0 heterocycles. The van der Waals surface area contributed by atoms with E-state index in [1.54, 1.807) is 0 Å². The van der Waals surface area contributed by atoms with Gasteiger partial charge in [0.2, 0.25) is 0 Å². The number of ether oxygens (including phenoxy) is 1. The fourth-order valence-electron chi connectivity index (χ4n) is 1.95. The van der Waals surface area contributed by atoms with Crippen molar-refractivity contribution in [3.05, 3.63) is 0 Å². The van der Waals surface area contributed by atoms with Crippen molar-refractivity contribution in [2.24, 2.45) is 11.8 Å². The molecule has 0 spiro atoms. The average molecular weight is 279 g/mol. The van der Waals surface area contributed by atoms with E-state index < -0.39 is 17.8 Å². The van der Waals surface area contributed by atoms with Crippen LogP contribution in [-0.2, 0) is 14.3 Å². The van der Waals surface area contributed by atoms with Gasteiger partial charge in [-0.05, 0) is 12.8 Å². The van der Waals surface area contributed by atoms with E-state index in [9.17, 15) is 9.59 Å². The molecule has 0 aromatic heterocycles. The molecule has 0 aromatic carbocycles. The van der Waals surface area contributed by atoms with Crippen LogP contribution in [-0.4, -0.2) is 29.0 Å². The molecule has 0 aromatic rings. The number of rotatable bonds is 4. The number of carbonyl (C=O) groups excluding carboxylic acids is 1. The van der Waals surface area contributed by atoms with Gasteiger partial charge < -0.3 is 9.84 Å². The summed E-state index contributed by atoms with van der Waals surface area (Å²) in [6, 6.07) is 0. The lowest BCUT2D eigenvalue weighted by atomic mass is 9.79. The van der Waals surface area contributed by atoms with Crippen LogP contribution in [0.25, 0.3) is 0 Å². The molecule has 2 atom stereocenters. The summed E-state index contributed by atoms with van der Waals surface area (Å²) >= 11 is 3.15. The van der Waals surface area contributed by atoms with Crippen LogP contribution in [0.15, 0.2) is 0 Å². The highest BCUT2D eigenvalue weighted by Gasteiger charge is 2.36. The highest BCUT2D eigenvalue weighted by Crippen LogP contribution is 2.31. The molecule has 15 heavy (non-hydrogen) atoms. The maximum Gasteiger partial charge on any atom is 0.309 e. The summed E-state index contributed by atoms with van der Waals surface area (Å²) in [5.74, 6) is -2.24. The molecule has 0 saturated heterocycles. The normalized spacial score (nSPS) is 25.9. The van der Waals surface area contributed by atoms with Crippen molar-refractivity contribution in [3.8, 4) is 0 Å². The Morgan fingerprint density at radius 3 is 2.40 bits per heavy atom. The quantitative estimate of drug-likeness (QED) is 0.629. The molecule has 0 bridgehead atoms. The van der Waals surface area contributed by atoms with Crippen molar-refractivity contribution in [1.82, 2.24) is 0 Å². The number of hydrogen-bond acceptors (Lipinski definition) is 3. The van der Waals surface area contributed by atoms with Crippen LogP contribution < -0.4 is 0 Å². The van der Waals surface area contributed by atoms with E-state index in [-0.39, 0.29) is 5.97 Å². The van der Waals surface area contributed by atoms with Gasteiger partial charge in [-0.2, -0.15) is 0 Å². The summed E-state index contributed by atoms with van der Waals surface area (Å²) in [7, 11) is 0. The molecule has 0 amide bonds. The van der Waals surface area contributed by atoms with Crippen LogP contribution in [0.2, 0.25) is 0 Å². The number of carbonyl (C=O) groups is 2. The van der Waals surface area contributed by atoms with Crippen LogP contribution in [0.3, 0.4) is 0 Å². The van der Waals surface area contributed by atoms with Gasteiger partial charge in [0.05, 0.1) is 11.8 Å². The van der Waals surface area contributed by atoms with Crippen LogP contribution in [0.4, 0.5) is 0 Å². The van der Waals surface area contributed by atoms with E-state index >= 15 is 0 Å². The van der Waals surface area contributed by atoms with Crippen molar-refractivity contribution >= 4 is 27.9 Å². The lowest BCUT2D eigenvalue weighted by Crippen LogP contribution is -2.34. The summed E-state index contributed by atoms with van der Waals surface area (Å²) in [5, 5.41) is 9.55. The molecule has 4 nitrogen and oxygen atoms in total. The van der Waals surface area contributed by atoms with E-state index in [0.717, 1.165) is 12.8 Å². The first-order chi connectivity index (χ1) is 7.16. The number of hydrogen-bond donors (Lipinski definition) is 1. The van der Waals surface area contributed by atoms with Gasteiger partial charge in [-0.1, -0.05) is 28.8 Å². The standard InChI is InChI=1S/C10H15BrO4/c11-5-6-15-10(14)8-4-2-1-3-7(8)9(12)13/h7-8H,1-6H2,(H,12,13)/t7-,8-/m0/s1. The predicted molar refractivity (Wildman–Crippen MR) is 57.8 cm³/mol. The van der Waals surface area contributed by atoms with Gasteiger partial charge in [0.25, 0.3) is 0 Å². The molecule has 0 radical (unpaired) electrons. The van der Waals surface area contributed by atoms with E-state index in [1.165, 1.54) is 0 Å². The molecule has 0 unspecified atom stereocenters. The maximum absolute atomic E-state index is 11.6. The summed E-state index contributed by atoms with van der Waals surface area (Å²) in [5.41, 5.74) is 0. The van der Waals surface area contributed by atoms with Gasteiger partial charge in [0.15, 0.2) is 0 Å². The van der Waals surface area contributed by atoms with Crippen molar-refractivity contribution in [3.63, 3.8) is 0 Å². The highest BCUT2D eigenvalue weighted by atomic mass is 79.9. The summed E-state index contributed by atoms with van der Waals surface area (Å²) in [4.78, 5) is 22.5. The first kappa shape index (κ1) is 12.5. The highest BCUT2D eigenvalue weighted by molar-refractivity contribution is 9.09. The second-order valence-corrected chi connectivity index (χ2v) is 4.49. The Labute approximate surface area is 97.1 Å². The predicted octanol–water partition coefficient (Wildman–Crippen LogP) is 1.82. The molecular weight excluding hydrogens is 264 g/mol. The van der Waals surface area contributed by atoms with E-state index in [0.29, 0.717) is 24.8 Å². The molecular formula is C10H15BrO4. The van der Waals surface area contributed by atoms with Gasteiger partial charge in [0.1, 0.15) is 6.61 Å². The zero-order valence-electron chi connectivity index (χ0n) is 8.45. The molecule has 5 heteroatoms. The van der Waals surface area contributed by atoms with Gasteiger partial charge in [-0.3, -0.25) is 9.59 Å². The third kappa shape index (κ3) is 3.48. The Kier molecular flexibility index (Phi) is 5.08. The Morgan fingerprint density at radius 1 is 1.27 bits per heavy atom. The molecule has 86 valence electrons. The van der Waals surface area contributed by atoms with Crippen molar-refractivity contribution in [2.45, 2.75) is 25.7 Å². The van der Waals surface area contributed by atoms with E-state index in [1.807, 2.05) is 0 Å². The second kappa shape index (κ2) is 6.10. The second-order valence-electron chi connectivity index (χ2n) is 3.69. The van der Waals surface area contributed by atoms with Crippen LogP contribution in [0.5, 0.6) is 0 Å². The average Bonchev–Trinajstić information content (AvgIpc) is 2.25. The number of carboxylic acid groups (broad SMARTS) is 1. The Balaban J connectivity index is 2.55. The topological polar surface area (TPSA) is 63.6 Å². The Hall–Kier alpha value is -0.580. The van der Waals surface area contributed by atoms with Crippen LogP contribution in [0.1, 0.15) is 25.7 Å². The minimum atomic E-state index is -0.879. The minimum absolute atomic E-state index is 0.307. The number of aliphatic carboxylic acids is 1. The van der Waals surface area contributed by atoms with Gasteiger partial charge in [-0.25, -0.2) is 0 Å². The maximum atomic E-state index is 11.6. The molecule has 1 aliphatic carbocycles. The molecule has 1 rings (SSSR count). The zero-order valence-corrected chi connectivity index (χ0v) is 10.0. The first-order valence-corrected chi connectivity index (χ1v) is 6.24. The first-order valence-electron chi connectivity index (χ1n) is 5.12. The molecule has 1 N–H and O–H groups in total.